The number of ether oxygens (including phenoxy) is 1. The quantitative estimate of drug-likeness (QED) is 0.301. The molecule has 196 valence electrons. The van der Waals surface area contributed by atoms with Gasteiger partial charge in [-0.2, -0.15) is 0 Å². The van der Waals surface area contributed by atoms with Crippen molar-refractivity contribution in [2.75, 3.05) is 19.7 Å². The van der Waals surface area contributed by atoms with E-state index in [0.717, 1.165) is 43.3 Å². The minimum absolute atomic E-state index is 0.0324. The Morgan fingerprint density at radius 1 is 1.11 bits per heavy atom. The van der Waals surface area contributed by atoms with Crippen molar-refractivity contribution in [2.24, 2.45) is 4.99 Å². The number of amides is 1. The number of ketones is 1. The number of piperidine rings is 1. The lowest BCUT2D eigenvalue weighted by Crippen LogP contribution is -2.40. The van der Waals surface area contributed by atoms with Crippen molar-refractivity contribution >= 4 is 46.5 Å². The first-order chi connectivity index (χ1) is 18.5. The minimum Gasteiger partial charge on any atom is -0.462 e. The van der Waals surface area contributed by atoms with E-state index in [0.29, 0.717) is 21.2 Å². The zero-order valence-corrected chi connectivity index (χ0v) is 22.1. The molecule has 9 heteroatoms. The number of allylic oxidation sites excluding steroid dienone is 1. The molecule has 1 N–H and O–H groups in total. The molecule has 1 amide bonds. The van der Waals surface area contributed by atoms with Crippen LogP contribution in [0.1, 0.15) is 59.9 Å². The summed E-state index contributed by atoms with van der Waals surface area (Å²) in [5.41, 5.74) is 0.294. The number of pyridine rings is 1. The van der Waals surface area contributed by atoms with E-state index in [-0.39, 0.29) is 31.1 Å². The molecule has 4 heterocycles. The van der Waals surface area contributed by atoms with Gasteiger partial charge in [0.1, 0.15) is 5.03 Å². The van der Waals surface area contributed by atoms with Crippen LogP contribution in [0.3, 0.4) is 0 Å². The number of likely N-dealkylation sites (tertiary alicyclic amines) is 1. The van der Waals surface area contributed by atoms with Crippen molar-refractivity contribution in [3.63, 3.8) is 0 Å². The second-order valence-electron chi connectivity index (χ2n) is 9.39. The van der Waals surface area contributed by atoms with Gasteiger partial charge in [0, 0.05) is 47.7 Å². The summed E-state index contributed by atoms with van der Waals surface area (Å²) in [4.78, 5) is 54.8. The fourth-order valence-electron chi connectivity index (χ4n) is 4.97. The van der Waals surface area contributed by atoms with Gasteiger partial charge in [0.15, 0.2) is 5.54 Å². The molecule has 0 spiro atoms. The van der Waals surface area contributed by atoms with Crippen LogP contribution in [0.4, 0.5) is 0 Å². The Morgan fingerprint density at radius 3 is 2.71 bits per heavy atom. The molecule has 1 unspecified atom stereocenters. The molecule has 5 rings (SSSR count). The number of H-pyrrole nitrogens is 1. The summed E-state index contributed by atoms with van der Waals surface area (Å²) in [6.07, 6.45) is 8.53. The molecule has 1 saturated heterocycles. The maximum Gasteiger partial charge on any atom is 0.340 e. The lowest BCUT2D eigenvalue weighted by Gasteiger charge is -2.30. The highest BCUT2D eigenvalue weighted by Gasteiger charge is 2.46. The lowest BCUT2D eigenvalue weighted by molar-refractivity contribution is -0.132. The first-order valence-corrected chi connectivity index (χ1v) is 13.8. The maximum absolute atomic E-state index is 14.2. The SMILES string of the molecule is CCOC(=O)c1cccnc1SC1=CC=NC1(CCC(=O)N1CCCCC1)C(=O)c1cc2ccccc2[nH]1. The highest BCUT2D eigenvalue weighted by molar-refractivity contribution is 8.03. The molecule has 38 heavy (non-hydrogen) atoms. The summed E-state index contributed by atoms with van der Waals surface area (Å²) in [7, 11) is 0. The Balaban J connectivity index is 1.48. The predicted molar refractivity (Wildman–Crippen MR) is 148 cm³/mol. The number of esters is 1. The molecule has 2 aromatic heterocycles. The number of para-hydroxylation sites is 1. The standard InChI is InChI=1S/C29H30N4O4S/c1-2-37-28(36)21-10-8-15-30-27(21)38-24-13-16-31-29(24,14-12-25(34)33-17-6-3-7-18-33)26(35)23-19-20-9-4-5-11-22(20)32-23/h4-5,8-11,13,15-16,19,32H,2-3,6-7,12,14,17-18H2,1H3. The smallest absolute Gasteiger partial charge is 0.340 e. The molecule has 0 saturated carbocycles. The highest BCUT2D eigenvalue weighted by Crippen LogP contribution is 2.44. The van der Waals surface area contributed by atoms with Crippen molar-refractivity contribution in [2.45, 2.75) is 49.6 Å². The molecular weight excluding hydrogens is 500 g/mol. The number of hydrogen-bond donors (Lipinski definition) is 1. The second kappa shape index (κ2) is 11.3. The largest absolute Gasteiger partial charge is 0.462 e. The average molecular weight is 531 g/mol. The lowest BCUT2D eigenvalue weighted by atomic mass is 9.87. The minimum atomic E-state index is -1.31. The fraction of sp³-hybridized carbons (Fsp3) is 0.345. The van der Waals surface area contributed by atoms with Crippen molar-refractivity contribution in [1.29, 1.82) is 0 Å². The number of nitrogens with zero attached hydrogens (tertiary/aromatic N) is 3. The van der Waals surface area contributed by atoms with Gasteiger partial charge in [-0.1, -0.05) is 30.0 Å². The second-order valence-corrected chi connectivity index (χ2v) is 10.4. The van der Waals surface area contributed by atoms with Crippen LogP contribution in [0.15, 0.2) is 69.7 Å². The molecule has 0 aliphatic carbocycles. The van der Waals surface area contributed by atoms with Crippen molar-refractivity contribution in [1.82, 2.24) is 14.9 Å². The van der Waals surface area contributed by atoms with Crippen molar-refractivity contribution in [3.8, 4) is 0 Å². The van der Waals surface area contributed by atoms with Crippen LogP contribution >= 0.6 is 11.8 Å². The Bertz CT molecular complexity index is 1390. The zero-order chi connectivity index (χ0) is 26.5. The summed E-state index contributed by atoms with van der Waals surface area (Å²) in [6, 6.07) is 12.9. The fourth-order valence-corrected chi connectivity index (χ4v) is 6.10. The molecule has 1 atom stereocenters. The van der Waals surface area contributed by atoms with E-state index >= 15 is 0 Å². The van der Waals surface area contributed by atoms with Gasteiger partial charge in [-0.05, 0) is 62.9 Å². The van der Waals surface area contributed by atoms with Gasteiger partial charge in [-0.25, -0.2) is 9.78 Å². The van der Waals surface area contributed by atoms with Gasteiger partial charge in [-0.3, -0.25) is 14.6 Å². The average Bonchev–Trinajstić information content (AvgIpc) is 3.57. The van der Waals surface area contributed by atoms with Crippen molar-refractivity contribution < 1.29 is 19.1 Å². The molecule has 3 aromatic rings. The van der Waals surface area contributed by atoms with Gasteiger partial charge in [-0.15, -0.1) is 0 Å². The van der Waals surface area contributed by atoms with Gasteiger partial charge < -0.3 is 14.6 Å². The summed E-state index contributed by atoms with van der Waals surface area (Å²) < 4.78 is 5.22. The topological polar surface area (TPSA) is 105 Å². The normalized spacial score (nSPS) is 19.0. The monoisotopic (exact) mass is 530 g/mol. The Morgan fingerprint density at radius 2 is 1.92 bits per heavy atom. The van der Waals surface area contributed by atoms with Crippen LogP contribution in [0.25, 0.3) is 10.9 Å². The van der Waals surface area contributed by atoms with Crippen LogP contribution < -0.4 is 0 Å². The van der Waals surface area contributed by atoms with E-state index in [2.05, 4.69) is 9.97 Å². The molecule has 2 aliphatic rings. The number of aromatic amines is 1. The Labute approximate surface area is 225 Å². The number of aromatic nitrogens is 2. The van der Waals surface area contributed by atoms with Gasteiger partial charge in [0.2, 0.25) is 11.7 Å². The van der Waals surface area contributed by atoms with Crippen LogP contribution in [0.2, 0.25) is 0 Å². The summed E-state index contributed by atoms with van der Waals surface area (Å²) >= 11 is 1.22. The summed E-state index contributed by atoms with van der Waals surface area (Å²) in [6.45, 7) is 3.49. The van der Waals surface area contributed by atoms with Crippen molar-refractivity contribution in [3.05, 3.63) is 70.9 Å². The number of aliphatic imine (C=N–C) groups is 1. The van der Waals surface area contributed by atoms with Gasteiger partial charge in [0.25, 0.3) is 0 Å². The molecule has 8 nitrogen and oxygen atoms in total. The Hall–Kier alpha value is -3.72. The summed E-state index contributed by atoms with van der Waals surface area (Å²) in [5.74, 6) is -0.665. The van der Waals surface area contributed by atoms with E-state index in [1.807, 2.05) is 35.2 Å². The molecule has 1 aromatic carbocycles. The van der Waals surface area contributed by atoms with E-state index in [9.17, 15) is 14.4 Å². The first-order valence-electron chi connectivity index (χ1n) is 13.0. The number of hydrogen-bond acceptors (Lipinski definition) is 7. The van der Waals surface area contributed by atoms with Crippen LogP contribution in [0.5, 0.6) is 0 Å². The highest BCUT2D eigenvalue weighted by atomic mass is 32.2. The van der Waals surface area contributed by atoms with E-state index < -0.39 is 11.5 Å². The molecular formula is C29H30N4O4S. The molecule has 2 aliphatic heterocycles. The Kier molecular flexibility index (Phi) is 7.74. The molecule has 1 fully saturated rings. The number of thioether (sulfide) groups is 1. The number of nitrogens with one attached hydrogen (secondary N) is 1. The van der Waals surface area contributed by atoms with Crippen LogP contribution in [-0.2, 0) is 9.53 Å². The van der Waals surface area contributed by atoms with Crippen LogP contribution in [0, 0.1) is 0 Å². The number of carbonyl (C=O) groups is 3. The first kappa shape index (κ1) is 25.9. The summed E-state index contributed by atoms with van der Waals surface area (Å²) in [5, 5.41) is 1.35. The number of rotatable bonds is 9. The zero-order valence-electron chi connectivity index (χ0n) is 21.3. The molecule has 0 bridgehead atoms. The van der Waals surface area contributed by atoms with E-state index in [1.54, 1.807) is 37.5 Å². The van der Waals surface area contributed by atoms with Crippen LogP contribution in [-0.4, -0.2) is 64.0 Å². The molecule has 0 radical (unpaired) electrons. The third-order valence-electron chi connectivity index (χ3n) is 6.96. The van der Waals surface area contributed by atoms with Gasteiger partial charge in [0.05, 0.1) is 17.9 Å². The van der Waals surface area contributed by atoms with E-state index in [4.69, 9.17) is 9.73 Å². The predicted octanol–water partition coefficient (Wildman–Crippen LogP) is 5.21. The third kappa shape index (κ3) is 5.15. The number of benzene rings is 1. The number of Topliss-reactive ketones (excluding diaryl/α,β-unsaturated/α-hetero) is 1. The maximum atomic E-state index is 14.2. The number of fused-ring (bicyclic) bond motifs is 1. The van der Waals surface area contributed by atoms with Gasteiger partial charge >= 0.3 is 5.97 Å². The van der Waals surface area contributed by atoms with E-state index in [1.165, 1.54) is 11.8 Å². The third-order valence-corrected chi connectivity index (χ3v) is 8.17. The number of carbonyl (C=O) groups excluding carboxylic acids is 3.